The van der Waals surface area contributed by atoms with Crippen molar-refractivity contribution < 1.29 is 9.59 Å². The lowest BCUT2D eigenvalue weighted by atomic mass is 10.1. The van der Waals surface area contributed by atoms with Crippen molar-refractivity contribution in [1.82, 2.24) is 14.9 Å². The Hall–Kier alpha value is -3.49. The van der Waals surface area contributed by atoms with E-state index in [9.17, 15) is 9.59 Å². The number of nitrogens with two attached hydrogens (primary N) is 1. The molecular weight excluding hydrogens is 452 g/mol. The van der Waals surface area contributed by atoms with Gasteiger partial charge in [-0.25, -0.2) is 9.97 Å². The molecule has 0 aliphatic carbocycles. The summed E-state index contributed by atoms with van der Waals surface area (Å²) < 4.78 is 0. The molecule has 1 atom stereocenters. The molecule has 9 heteroatoms. The van der Waals surface area contributed by atoms with Crippen LogP contribution < -0.4 is 16.0 Å². The summed E-state index contributed by atoms with van der Waals surface area (Å²) in [4.78, 5) is 38.2. The van der Waals surface area contributed by atoms with Crippen LogP contribution in [0.25, 0.3) is 11.3 Å². The Kier molecular flexibility index (Phi) is 5.93. The summed E-state index contributed by atoms with van der Waals surface area (Å²) in [6, 6.07) is 12.8. The number of amides is 2. The van der Waals surface area contributed by atoms with Gasteiger partial charge in [0.1, 0.15) is 0 Å². The molecule has 0 spiro atoms. The molecule has 2 aliphatic heterocycles. The Balaban J connectivity index is 1.41. The molecule has 0 radical (unpaired) electrons. The number of benzene rings is 2. The van der Waals surface area contributed by atoms with Crippen molar-refractivity contribution in [3.63, 3.8) is 0 Å². The van der Waals surface area contributed by atoms with E-state index >= 15 is 0 Å². The number of likely N-dealkylation sites (N-methyl/N-ethyl adjacent to an activating group) is 1. The molecule has 2 amide bonds. The highest BCUT2D eigenvalue weighted by Gasteiger charge is 2.27. The molecule has 2 aromatic carbocycles. The molecule has 0 saturated carbocycles. The highest BCUT2D eigenvalue weighted by atomic mass is 35.5. The minimum atomic E-state index is -0.0201. The zero-order valence-electron chi connectivity index (χ0n) is 18.8. The SMILES string of the molecule is CCN1C(=O)Cc2cnc(Nc3ccc(C(=O)N4CCC(N)C4)cc3)nc2-c2ccc(Cl)cc21. The van der Waals surface area contributed by atoms with Crippen LogP contribution in [0.2, 0.25) is 5.02 Å². The molecule has 0 bridgehead atoms. The van der Waals surface area contributed by atoms with E-state index in [2.05, 4.69) is 10.3 Å². The van der Waals surface area contributed by atoms with Gasteiger partial charge in [-0.05, 0) is 55.8 Å². The third kappa shape index (κ3) is 4.22. The molecule has 3 N–H and O–H groups in total. The maximum absolute atomic E-state index is 12.8. The molecule has 5 rings (SSSR count). The van der Waals surface area contributed by atoms with Crippen LogP contribution in [0.3, 0.4) is 0 Å². The van der Waals surface area contributed by atoms with Gasteiger partial charge in [0.15, 0.2) is 0 Å². The second-order valence-corrected chi connectivity index (χ2v) is 8.98. The monoisotopic (exact) mass is 476 g/mol. The van der Waals surface area contributed by atoms with E-state index in [1.807, 2.05) is 25.1 Å². The van der Waals surface area contributed by atoms with Crippen molar-refractivity contribution >= 4 is 40.7 Å². The Morgan fingerprint density at radius 1 is 1.24 bits per heavy atom. The van der Waals surface area contributed by atoms with Crippen LogP contribution in [0.15, 0.2) is 48.7 Å². The summed E-state index contributed by atoms with van der Waals surface area (Å²) in [6.07, 6.45) is 2.74. The number of aromatic nitrogens is 2. The number of nitrogens with one attached hydrogen (secondary N) is 1. The van der Waals surface area contributed by atoms with Crippen LogP contribution in [-0.4, -0.2) is 52.4 Å². The lowest BCUT2D eigenvalue weighted by Gasteiger charge is -2.21. The summed E-state index contributed by atoms with van der Waals surface area (Å²) in [7, 11) is 0. The van der Waals surface area contributed by atoms with Gasteiger partial charge >= 0.3 is 0 Å². The maximum atomic E-state index is 12.8. The minimum Gasteiger partial charge on any atom is -0.337 e. The summed E-state index contributed by atoms with van der Waals surface area (Å²) in [5.41, 5.74) is 10.3. The van der Waals surface area contributed by atoms with Crippen LogP contribution in [-0.2, 0) is 11.2 Å². The predicted molar refractivity (Wildman–Crippen MR) is 132 cm³/mol. The second kappa shape index (κ2) is 9.04. The standard InChI is InChI=1S/C25H25ClN6O2/c1-2-32-21-12-17(26)5-8-20(21)23-16(11-22(32)33)13-28-25(30-23)29-19-6-3-15(4-7-19)24(34)31-10-9-18(27)14-31/h3-8,12-13,18H,2,9-11,14,27H2,1H3,(H,28,29,30). The third-order valence-corrected chi connectivity index (χ3v) is 6.46. The molecule has 34 heavy (non-hydrogen) atoms. The van der Waals surface area contributed by atoms with E-state index in [1.54, 1.807) is 40.3 Å². The van der Waals surface area contributed by atoms with Crippen molar-refractivity contribution in [2.75, 3.05) is 29.9 Å². The quantitative estimate of drug-likeness (QED) is 0.596. The number of carbonyl (C=O) groups excluding carboxylic acids is 2. The molecule has 3 aromatic rings. The first-order valence-electron chi connectivity index (χ1n) is 11.3. The average Bonchev–Trinajstić information content (AvgIpc) is 3.22. The van der Waals surface area contributed by atoms with Crippen molar-refractivity contribution in [2.45, 2.75) is 25.8 Å². The summed E-state index contributed by atoms with van der Waals surface area (Å²) in [5, 5.41) is 3.77. The highest BCUT2D eigenvalue weighted by Crippen LogP contribution is 2.37. The van der Waals surface area contributed by atoms with Gasteiger partial charge in [0.2, 0.25) is 11.9 Å². The normalized spacial score (nSPS) is 17.3. The number of carbonyl (C=O) groups is 2. The largest absolute Gasteiger partial charge is 0.337 e. The molecule has 1 fully saturated rings. The minimum absolute atomic E-state index is 0.0128. The molecular formula is C25H25ClN6O2. The van der Waals surface area contributed by atoms with E-state index in [-0.39, 0.29) is 24.3 Å². The van der Waals surface area contributed by atoms with E-state index in [1.165, 1.54) is 0 Å². The first kappa shape index (κ1) is 22.3. The molecule has 2 aliphatic rings. The van der Waals surface area contributed by atoms with Crippen molar-refractivity contribution in [1.29, 1.82) is 0 Å². The molecule has 8 nitrogen and oxygen atoms in total. The van der Waals surface area contributed by atoms with E-state index in [0.717, 1.165) is 28.9 Å². The lowest BCUT2D eigenvalue weighted by molar-refractivity contribution is -0.117. The number of hydrogen-bond acceptors (Lipinski definition) is 6. The Labute approximate surface area is 202 Å². The summed E-state index contributed by atoms with van der Waals surface area (Å²) in [5.74, 6) is 0.371. The first-order chi connectivity index (χ1) is 16.4. The maximum Gasteiger partial charge on any atom is 0.253 e. The number of anilines is 3. The van der Waals surface area contributed by atoms with Gasteiger partial charge in [0, 0.05) is 59.3 Å². The van der Waals surface area contributed by atoms with Crippen LogP contribution in [0, 0.1) is 0 Å². The van der Waals surface area contributed by atoms with Gasteiger partial charge in [-0.3, -0.25) is 9.59 Å². The Morgan fingerprint density at radius 2 is 2.03 bits per heavy atom. The van der Waals surface area contributed by atoms with Gasteiger partial charge in [-0.2, -0.15) is 0 Å². The summed E-state index contributed by atoms with van der Waals surface area (Å²) in [6.45, 7) is 3.75. The fraction of sp³-hybridized carbons (Fsp3) is 0.280. The van der Waals surface area contributed by atoms with Gasteiger partial charge in [-0.15, -0.1) is 0 Å². The number of likely N-dealkylation sites (tertiary alicyclic amines) is 1. The second-order valence-electron chi connectivity index (χ2n) is 8.55. The van der Waals surface area contributed by atoms with E-state index in [4.69, 9.17) is 22.3 Å². The number of fused-ring (bicyclic) bond motifs is 3. The van der Waals surface area contributed by atoms with E-state index in [0.29, 0.717) is 41.9 Å². The zero-order valence-corrected chi connectivity index (χ0v) is 19.5. The molecule has 1 saturated heterocycles. The zero-order chi connectivity index (χ0) is 23.8. The fourth-order valence-electron chi connectivity index (χ4n) is 4.48. The smallest absolute Gasteiger partial charge is 0.253 e. The lowest BCUT2D eigenvalue weighted by Crippen LogP contribution is -2.31. The molecule has 1 unspecified atom stereocenters. The molecule has 1 aromatic heterocycles. The highest BCUT2D eigenvalue weighted by molar-refractivity contribution is 6.31. The summed E-state index contributed by atoms with van der Waals surface area (Å²) >= 11 is 6.23. The van der Waals surface area contributed by atoms with E-state index < -0.39 is 0 Å². The van der Waals surface area contributed by atoms with Crippen molar-refractivity contribution in [3.8, 4) is 11.3 Å². The van der Waals surface area contributed by atoms with Crippen molar-refractivity contribution in [3.05, 3.63) is 64.8 Å². The van der Waals surface area contributed by atoms with Crippen LogP contribution >= 0.6 is 11.6 Å². The molecule has 3 heterocycles. The fourth-order valence-corrected chi connectivity index (χ4v) is 4.64. The number of halogens is 1. The first-order valence-corrected chi connectivity index (χ1v) is 11.7. The number of rotatable bonds is 4. The van der Waals surface area contributed by atoms with Gasteiger partial charge in [0.25, 0.3) is 5.91 Å². The molecule has 174 valence electrons. The predicted octanol–water partition coefficient (Wildman–Crippen LogP) is 3.62. The Bertz CT molecular complexity index is 1260. The van der Waals surface area contributed by atoms with Gasteiger partial charge < -0.3 is 20.9 Å². The number of nitrogens with zero attached hydrogens (tertiary/aromatic N) is 4. The van der Waals surface area contributed by atoms with Crippen molar-refractivity contribution in [2.24, 2.45) is 5.73 Å². The van der Waals surface area contributed by atoms with Gasteiger partial charge in [-0.1, -0.05) is 11.6 Å². The Morgan fingerprint density at radius 3 is 2.74 bits per heavy atom. The van der Waals surface area contributed by atoms with Crippen LogP contribution in [0.1, 0.15) is 29.3 Å². The van der Waals surface area contributed by atoms with Gasteiger partial charge in [0.05, 0.1) is 17.8 Å². The average molecular weight is 477 g/mol. The topological polar surface area (TPSA) is 104 Å². The van der Waals surface area contributed by atoms with Crippen LogP contribution in [0.4, 0.5) is 17.3 Å². The third-order valence-electron chi connectivity index (χ3n) is 6.23. The number of hydrogen-bond donors (Lipinski definition) is 2. The van der Waals surface area contributed by atoms with Crippen LogP contribution in [0.5, 0.6) is 0 Å².